The number of ether oxygens (including phenoxy) is 2. The Bertz CT molecular complexity index is 639. The number of oxime groups is 1. The maximum Gasteiger partial charge on any atom is 0.170 e. The zero-order valence-corrected chi connectivity index (χ0v) is 12.7. The zero-order valence-electron chi connectivity index (χ0n) is 11.2. The van der Waals surface area contributed by atoms with Gasteiger partial charge in [-0.25, -0.2) is 0 Å². The van der Waals surface area contributed by atoms with Crippen molar-refractivity contribution in [3.05, 3.63) is 57.6 Å². The maximum atomic E-state index is 8.71. The molecule has 0 aliphatic heterocycles. The SMILES string of the molecule is COc1cccc(C=NO)c1OCc1c(Cl)cccc1Cl. The van der Waals surface area contributed by atoms with Gasteiger partial charge in [-0.05, 0) is 24.3 Å². The van der Waals surface area contributed by atoms with Crippen LogP contribution < -0.4 is 9.47 Å². The van der Waals surface area contributed by atoms with Crippen LogP contribution in [0.1, 0.15) is 11.1 Å². The van der Waals surface area contributed by atoms with Gasteiger partial charge < -0.3 is 14.7 Å². The summed E-state index contributed by atoms with van der Waals surface area (Å²) in [6.45, 7) is 0.172. The Balaban J connectivity index is 2.31. The lowest BCUT2D eigenvalue weighted by Gasteiger charge is -2.14. The highest BCUT2D eigenvalue weighted by Crippen LogP contribution is 2.32. The normalized spacial score (nSPS) is 10.8. The van der Waals surface area contributed by atoms with E-state index in [0.29, 0.717) is 32.7 Å². The second kappa shape index (κ2) is 7.20. The van der Waals surface area contributed by atoms with Gasteiger partial charge in [-0.2, -0.15) is 0 Å². The number of nitrogens with zero attached hydrogens (tertiary/aromatic N) is 1. The first-order valence-corrected chi connectivity index (χ1v) is 6.83. The van der Waals surface area contributed by atoms with Crippen molar-refractivity contribution in [2.24, 2.45) is 5.16 Å². The Morgan fingerprint density at radius 2 is 1.81 bits per heavy atom. The number of benzene rings is 2. The summed E-state index contributed by atoms with van der Waals surface area (Å²) in [5.41, 5.74) is 1.26. The van der Waals surface area contributed by atoms with E-state index < -0.39 is 0 Å². The van der Waals surface area contributed by atoms with E-state index in [4.69, 9.17) is 37.9 Å². The fourth-order valence-electron chi connectivity index (χ4n) is 1.83. The molecular weight excluding hydrogens is 313 g/mol. The van der Waals surface area contributed by atoms with Gasteiger partial charge in [0.1, 0.15) is 6.61 Å². The molecule has 0 unspecified atom stereocenters. The lowest BCUT2D eigenvalue weighted by atomic mass is 10.2. The summed E-state index contributed by atoms with van der Waals surface area (Å²) in [4.78, 5) is 0. The average molecular weight is 326 g/mol. The number of para-hydroxylation sites is 1. The van der Waals surface area contributed by atoms with E-state index in [9.17, 15) is 0 Å². The van der Waals surface area contributed by atoms with Gasteiger partial charge in [0.05, 0.1) is 13.3 Å². The van der Waals surface area contributed by atoms with Crippen LogP contribution in [-0.2, 0) is 6.61 Å². The highest BCUT2D eigenvalue weighted by molar-refractivity contribution is 6.35. The topological polar surface area (TPSA) is 51.0 Å². The first-order chi connectivity index (χ1) is 10.2. The van der Waals surface area contributed by atoms with Crippen molar-refractivity contribution >= 4 is 29.4 Å². The minimum Gasteiger partial charge on any atom is -0.493 e. The van der Waals surface area contributed by atoms with Crippen molar-refractivity contribution in [2.45, 2.75) is 6.61 Å². The van der Waals surface area contributed by atoms with Crippen LogP contribution in [0.3, 0.4) is 0 Å². The highest BCUT2D eigenvalue weighted by atomic mass is 35.5. The minimum absolute atomic E-state index is 0.172. The summed E-state index contributed by atoms with van der Waals surface area (Å²) in [6.07, 6.45) is 1.27. The predicted octanol–water partition coefficient (Wildman–Crippen LogP) is 4.39. The number of hydrogen-bond acceptors (Lipinski definition) is 4. The molecule has 6 heteroatoms. The third-order valence-corrected chi connectivity index (χ3v) is 3.56. The summed E-state index contributed by atoms with van der Waals surface area (Å²) < 4.78 is 11.0. The lowest BCUT2D eigenvalue weighted by molar-refractivity contribution is 0.283. The molecule has 110 valence electrons. The smallest absolute Gasteiger partial charge is 0.170 e. The molecule has 0 aliphatic carbocycles. The molecule has 2 rings (SSSR count). The van der Waals surface area contributed by atoms with Crippen molar-refractivity contribution in [3.8, 4) is 11.5 Å². The van der Waals surface area contributed by atoms with Crippen LogP contribution in [0, 0.1) is 0 Å². The van der Waals surface area contributed by atoms with Crippen molar-refractivity contribution < 1.29 is 14.7 Å². The Kier molecular flexibility index (Phi) is 5.31. The first kappa shape index (κ1) is 15.5. The second-order valence-electron chi connectivity index (χ2n) is 4.11. The Labute approximate surface area is 132 Å². The molecular formula is C15H13Cl2NO3. The molecule has 0 atom stereocenters. The molecule has 0 saturated heterocycles. The quantitative estimate of drug-likeness (QED) is 0.504. The van der Waals surface area contributed by atoms with E-state index in [2.05, 4.69) is 5.16 Å². The van der Waals surface area contributed by atoms with Crippen molar-refractivity contribution in [3.63, 3.8) is 0 Å². The van der Waals surface area contributed by atoms with Crippen LogP contribution in [0.15, 0.2) is 41.6 Å². The largest absolute Gasteiger partial charge is 0.493 e. The summed E-state index contributed by atoms with van der Waals surface area (Å²) in [7, 11) is 1.53. The highest BCUT2D eigenvalue weighted by Gasteiger charge is 2.12. The van der Waals surface area contributed by atoms with Crippen LogP contribution >= 0.6 is 23.2 Å². The van der Waals surface area contributed by atoms with Crippen LogP contribution in [0.4, 0.5) is 0 Å². The van der Waals surface area contributed by atoms with Gasteiger partial charge >= 0.3 is 0 Å². The molecule has 0 aliphatic rings. The third-order valence-electron chi connectivity index (χ3n) is 2.85. The fraction of sp³-hybridized carbons (Fsp3) is 0.133. The van der Waals surface area contributed by atoms with Gasteiger partial charge in [-0.3, -0.25) is 0 Å². The van der Waals surface area contributed by atoms with Crippen LogP contribution in [-0.4, -0.2) is 18.5 Å². The van der Waals surface area contributed by atoms with Gasteiger partial charge in [0, 0.05) is 21.2 Å². The molecule has 0 radical (unpaired) electrons. The first-order valence-electron chi connectivity index (χ1n) is 6.07. The van der Waals surface area contributed by atoms with Crippen LogP contribution in [0.2, 0.25) is 10.0 Å². The maximum absolute atomic E-state index is 8.71. The third kappa shape index (κ3) is 3.60. The molecule has 0 aromatic heterocycles. The van der Waals surface area contributed by atoms with Crippen molar-refractivity contribution in [1.82, 2.24) is 0 Å². The summed E-state index contributed by atoms with van der Waals surface area (Å²) >= 11 is 12.2. The van der Waals surface area contributed by atoms with Gasteiger partial charge in [0.2, 0.25) is 0 Å². The number of halogens is 2. The molecule has 0 heterocycles. The molecule has 4 nitrogen and oxygen atoms in total. The Hall–Kier alpha value is -1.91. The van der Waals surface area contributed by atoms with E-state index in [1.54, 1.807) is 36.4 Å². The average Bonchev–Trinajstić information content (AvgIpc) is 2.48. The zero-order chi connectivity index (χ0) is 15.2. The lowest BCUT2D eigenvalue weighted by Crippen LogP contribution is -2.02. The number of methoxy groups -OCH3 is 1. The van der Waals surface area contributed by atoms with Gasteiger partial charge in [-0.15, -0.1) is 0 Å². The molecule has 0 spiro atoms. The number of hydrogen-bond donors (Lipinski definition) is 1. The molecule has 0 fully saturated rings. The van der Waals surface area contributed by atoms with Gasteiger partial charge in [-0.1, -0.05) is 40.5 Å². The van der Waals surface area contributed by atoms with E-state index in [1.165, 1.54) is 13.3 Å². The van der Waals surface area contributed by atoms with Crippen molar-refractivity contribution in [1.29, 1.82) is 0 Å². The minimum atomic E-state index is 0.172. The standard InChI is InChI=1S/C15H13Cl2NO3/c1-20-14-7-2-4-10(8-18-19)15(14)21-9-11-12(16)5-3-6-13(11)17/h2-8,19H,9H2,1H3. The van der Waals surface area contributed by atoms with Gasteiger partial charge in [0.25, 0.3) is 0 Å². The Morgan fingerprint density at radius 1 is 1.14 bits per heavy atom. The molecule has 2 aromatic carbocycles. The van der Waals surface area contributed by atoms with Crippen LogP contribution in [0.25, 0.3) is 0 Å². The van der Waals surface area contributed by atoms with E-state index in [-0.39, 0.29) is 6.61 Å². The fourth-order valence-corrected chi connectivity index (χ4v) is 2.33. The summed E-state index contributed by atoms with van der Waals surface area (Å²) in [5.74, 6) is 0.976. The van der Waals surface area contributed by atoms with E-state index >= 15 is 0 Å². The van der Waals surface area contributed by atoms with Crippen LogP contribution in [0.5, 0.6) is 11.5 Å². The van der Waals surface area contributed by atoms with Gasteiger partial charge in [0.15, 0.2) is 11.5 Å². The number of rotatable bonds is 5. The molecule has 21 heavy (non-hydrogen) atoms. The summed E-state index contributed by atoms with van der Waals surface area (Å²) in [5, 5.41) is 12.8. The van der Waals surface area contributed by atoms with E-state index in [1.807, 2.05) is 0 Å². The monoisotopic (exact) mass is 325 g/mol. The Morgan fingerprint density at radius 3 is 2.43 bits per heavy atom. The molecule has 1 N–H and O–H groups in total. The van der Waals surface area contributed by atoms with Crippen molar-refractivity contribution in [2.75, 3.05) is 7.11 Å². The second-order valence-corrected chi connectivity index (χ2v) is 4.93. The molecule has 0 saturated carbocycles. The predicted molar refractivity (Wildman–Crippen MR) is 83.2 cm³/mol. The van der Waals surface area contributed by atoms with E-state index in [0.717, 1.165) is 0 Å². The summed E-state index contributed by atoms with van der Waals surface area (Å²) in [6, 6.07) is 10.5. The molecule has 2 aromatic rings. The molecule has 0 bridgehead atoms. The molecule has 0 amide bonds.